The van der Waals surface area contributed by atoms with Crippen molar-refractivity contribution in [1.29, 1.82) is 0 Å². The number of esters is 1. The second-order valence-electron chi connectivity index (χ2n) is 2.79. The molecule has 0 N–H and O–H groups in total. The van der Waals surface area contributed by atoms with Crippen LogP contribution in [0.2, 0.25) is 5.02 Å². The molecule has 1 rings (SSSR count). The van der Waals surface area contributed by atoms with E-state index in [-0.39, 0.29) is 21.6 Å². The summed E-state index contributed by atoms with van der Waals surface area (Å²) in [5, 5.41) is 0.173. The molecule has 1 heterocycles. The zero-order valence-corrected chi connectivity index (χ0v) is 10.5. The van der Waals surface area contributed by atoms with Crippen LogP contribution in [0.25, 0.3) is 0 Å². The Bertz CT molecular complexity index is 415. The van der Waals surface area contributed by atoms with Crippen LogP contribution in [0.5, 0.6) is 0 Å². The van der Waals surface area contributed by atoms with Crippen LogP contribution in [-0.4, -0.2) is 18.1 Å². The van der Waals surface area contributed by atoms with Gasteiger partial charge in [-0.15, -0.1) is 0 Å². The summed E-state index contributed by atoms with van der Waals surface area (Å²) in [5.41, 5.74) is -0.529. The number of carbonyl (C=O) groups excluding carboxylic acids is 1. The van der Waals surface area contributed by atoms with E-state index in [0.29, 0.717) is 0 Å². The first-order chi connectivity index (χ1) is 7.51. The summed E-state index contributed by atoms with van der Waals surface area (Å²) in [6.45, 7) is 0. The maximum absolute atomic E-state index is 12.6. The summed E-state index contributed by atoms with van der Waals surface area (Å²) < 4.78 is 29.6. The summed E-state index contributed by atoms with van der Waals surface area (Å²) in [6, 6.07) is 1.27. The van der Waals surface area contributed by atoms with Crippen LogP contribution in [0.15, 0.2) is 6.07 Å². The molecule has 88 valence electrons. The number of methoxy groups -OCH3 is 1. The average molecular weight is 315 g/mol. The molecule has 0 saturated heterocycles. The number of halogens is 4. The highest BCUT2D eigenvalue weighted by atomic mass is 79.9. The lowest BCUT2D eigenvalue weighted by Crippen LogP contribution is -2.09. The molecule has 7 heteroatoms. The van der Waals surface area contributed by atoms with Gasteiger partial charge in [-0.3, -0.25) is 0 Å². The highest BCUT2D eigenvalue weighted by Gasteiger charge is 2.21. The number of pyridine rings is 1. The SMILES string of the molecule is COC(=O)c1nc(C(F)F)c(CBr)cc1Cl. The smallest absolute Gasteiger partial charge is 0.358 e. The van der Waals surface area contributed by atoms with Gasteiger partial charge in [0.1, 0.15) is 5.69 Å². The Morgan fingerprint density at radius 1 is 1.69 bits per heavy atom. The number of ether oxygens (including phenoxy) is 1. The first-order valence-electron chi connectivity index (χ1n) is 4.13. The van der Waals surface area contributed by atoms with Crippen LogP contribution >= 0.6 is 27.5 Å². The van der Waals surface area contributed by atoms with Gasteiger partial charge in [-0.25, -0.2) is 18.6 Å². The minimum atomic E-state index is -2.77. The molecular weight excluding hydrogens is 307 g/mol. The number of nitrogens with zero attached hydrogens (tertiary/aromatic N) is 1. The Morgan fingerprint density at radius 3 is 2.75 bits per heavy atom. The molecule has 0 saturated carbocycles. The monoisotopic (exact) mass is 313 g/mol. The second kappa shape index (κ2) is 5.54. The molecule has 0 amide bonds. The van der Waals surface area contributed by atoms with Crippen molar-refractivity contribution in [3.63, 3.8) is 0 Å². The molecule has 0 aliphatic rings. The largest absolute Gasteiger partial charge is 0.464 e. The first kappa shape index (κ1) is 13.3. The lowest BCUT2D eigenvalue weighted by Gasteiger charge is -2.09. The van der Waals surface area contributed by atoms with Gasteiger partial charge in [0.05, 0.1) is 12.1 Å². The number of alkyl halides is 3. The molecule has 3 nitrogen and oxygen atoms in total. The molecule has 0 atom stereocenters. The molecule has 0 radical (unpaired) electrons. The lowest BCUT2D eigenvalue weighted by atomic mass is 10.2. The van der Waals surface area contributed by atoms with Crippen molar-refractivity contribution >= 4 is 33.5 Å². The van der Waals surface area contributed by atoms with Gasteiger partial charge < -0.3 is 4.74 Å². The summed E-state index contributed by atoms with van der Waals surface area (Å²) in [5.74, 6) is -0.840. The van der Waals surface area contributed by atoms with Crippen molar-refractivity contribution in [3.05, 3.63) is 28.0 Å². The number of aromatic nitrogens is 1. The van der Waals surface area contributed by atoms with Gasteiger partial charge in [0.2, 0.25) is 0 Å². The Hall–Kier alpha value is -0.750. The summed E-state index contributed by atoms with van der Waals surface area (Å²) in [4.78, 5) is 14.7. The minimum absolute atomic E-state index is 0.00861. The van der Waals surface area contributed by atoms with Crippen LogP contribution in [0.4, 0.5) is 8.78 Å². The third kappa shape index (κ3) is 2.68. The maximum atomic E-state index is 12.6. The van der Waals surface area contributed by atoms with E-state index in [2.05, 4.69) is 25.7 Å². The molecule has 1 aromatic heterocycles. The van der Waals surface area contributed by atoms with E-state index in [0.717, 1.165) is 7.11 Å². The summed E-state index contributed by atoms with van der Waals surface area (Å²) in [6.07, 6.45) is -2.77. The molecule has 0 bridgehead atoms. The van der Waals surface area contributed by atoms with Crippen LogP contribution in [-0.2, 0) is 10.1 Å². The van der Waals surface area contributed by atoms with E-state index in [4.69, 9.17) is 11.6 Å². The van der Waals surface area contributed by atoms with Gasteiger partial charge in [0, 0.05) is 5.33 Å². The van der Waals surface area contributed by atoms with Crippen molar-refractivity contribution in [3.8, 4) is 0 Å². The van der Waals surface area contributed by atoms with Gasteiger partial charge in [0.25, 0.3) is 6.43 Å². The van der Waals surface area contributed by atoms with Gasteiger partial charge >= 0.3 is 5.97 Å². The first-order valence-corrected chi connectivity index (χ1v) is 5.63. The van der Waals surface area contributed by atoms with Crippen molar-refractivity contribution in [2.45, 2.75) is 11.8 Å². The molecule has 0 fully saturated rings. The van der Waals surface area contributed by atoms with E-state index in [9.17, 15) is 13.6 Å². The fourth-order valence-electron chi connectivity index (χ4n) is 1.08. The number of rotatable bonds is 3. The van der Waals surface area contributed by atoms with E-state index in [1.165, 1.54) is 6.07 Å². The van der Waals surface area contributed by atoms with Crippen molar-refractivity contribution < 1.29 is 18.3 Å². The molecule has 0 spiro atoms. The number of hydrogen-bond acceptors (Lipinski definition) is 3. The average Bonchev–Trinajstić information content (AvgIpc) is 2.27. The fourth-order valence-corrected chi connectivity index (χ4v) is 1.78. The van der Waals surface area contributed by atoms with Crippen LogP contribution in [0, 0.1) is 0 Å². The third-order valence-electron chi connectivity index (χ3n) is 1.82. The molecule has 16 heavy (non-hydrogen) atoms. The van der Waals surface area contributed by atoms with Crippen LogP contribution in [0.3, 0.4) is 0 Å². The van der Waals surface area contributed by atoms with Crippen LogP contribution in [0.1, 0.15) is 28.2 Å². The normalized spacial score (nSPS) is 10.6. The van der Waals surface area contributed by atoms with E-state index in [1.807, 2.05) is 0 Å². The van der Waals surface area contributed by atoms with Gasteiger partial charge in [-0.05, 0) is 11.6 Å². The van der Waals surface area contributed by atoms with Crippen LogP contribution < -0.4 is 0 Å². The molecule has 0 aliphatic carbocycles. The standard InChI is InChI=1S/C9H7BrClF2NO2/c1-16-9(15)7-5(11)2-4(3-10)6(14-7)8(12)13/h2,8H,3H2,1H3. The predicted octanol–water partition coefficient (Wildman–Crippen LogP) is 3.35. The van der Waals surface area contributed by atoms with Crippen molar-refractivity contribution in [2.24, 2.45) is 0 Å². The molecule has 1 aromatic rings. The van der Waals surface area contributed by atoms with Gasteiger partial charge in [0.15, 0.2) is 5.69 Å². The summed E-state index contributed by atoms with van der Waals surface area (Å²) >= 11 is 8.77. The zero-order valence-electron chi connectivity index (χ0n) is 8.14. The maximum Gasteiger partial charge on any atom is 0.358 e. The molecular formula is C9H7BrClF2NO2. The van der Waals surface area contributed by atoms with Gasteiger partial charge in [-0.1, -0.05) is 27.5 Å². The Labute approximate surface area is 104 Å². The lowest BCUT2D eigenvalue weighted by molar-refractivity contribution is 0.0592. The zero-order chi connectivity index (χ0) is 12.3. The topological polar surface area (TPSA) is 39.2 Å². The van der Waals surface area contributed by atoms with E-state index in [1.54, 1.807) is 0 Å². The Morgan fingerprint density at radius 2 is 2.31 bits per heavy atom. The van der Waals surface area contributed by atoms with Crippen molar-refractivity contribution in [2.75, 3.05) is 7.11 Å². The molecule has 0 aromatic carbocycles. The third-order valence-corrected chi connectivity index (χ3v) is 2.71. The molecule has 0 unspecified atom stereocenters. The van der Waals surface area contributed by atoms with E-state index >= 15 is 0 Å². The highest BCUT2D eigenvalue weighted by Crippen LogP contribution is 2.27. The van der Waals surface area contributed by atoms with Crippen molar-refractivity contribution in [1.82, 2.24) is 4.98 Å². The van der Waals surface area contributed by atoms with E-state index < -0.39 is 18.1 Å². The minimum Gasteiger partial charge on any atom is -0.464 e. The number of carbonyl (C=O) groups is 1. The highest BCUT2D eigenvalue weighted by molar-refractivity contribution is 9.08. The number of hydrogen-bond donors (Lipinski definition) is 0. The Balaban J connectivity index is 3.33. The molecule has 0 aliphatic heterocycles. The second-order valence-corrected chi connectivity index (χ2v) is 3.76. The fraction of sp³-hybridized carbons (Fsp3) is 0.333. The quantitative estimate of drug-likeness (QED) is 0.634. The van der Waals surface area contributed by atoms with Gasteiger partial charge in [-0.2, -0.15) is 0 Å². The summed E-state index contributed by atoms with van der Waals surface area (Å²) in [7, 11) is 1.13. The Kier molecular flexibility index (Phi) is 4.61. The predicted molar refractivity (Wildman–Crippen MR) is 58.2 cm³/mol.